The highest BCUT2D eigenvalue weighted by Crippen LogP contribution is 2.18. The molecule has 3 rings (SSSR count). The Labute approximate surface area is 167 Å². The maximum atomic E-state index is 13.9. The fourth-order valence-electron chi connectivity index (χ4n) is 3.31. The van der Waals surface area contributed by atoms with Crippen molar-refractivity contribution >= 4 is 17.3 Å². The van der Waals surface area contributed by atoms with Gasteiger partial charge in [0.1, 0.15) is 11.5 Å². The van der Waals surface area contributed by atoms with Crippen molar-refractivity contribution in [2.24, 2.45) is 5.18 Å². The molecule has 0 aromatic heterocycles. The summed E-state index contributed by atoms with van der Waals surface area (Å²) in [6.45, 7) is 2.66. The Morgan fingerprint density at radius 2 is 1.83 bits per heavy atom. The minimum atomic E-state index is -0.463. The summed E-state index contributed by atoms with van der Waals surface area (Å²) < 4.78 is 13.9. The maximum absolute atomic E-state index is 13.9. The van der Waals surface area contributed by atoms with E-state index in [1.165, 1.54) is 18.2 Å². The topological polar surface area (TPSA) is 96.1 Å². The van der Waals surface area contributed by atoms with Gasteiger partial charge in [0, 0.05) is 44.4 Å². The normalized spacial score (nSPS) is 14.8. The fraction of sp³-hybridized carbons (Fsp3) is 0.350. The monoisotopic (exact) mass is 400 g/mol. The van der Waals surface area contributed by atoms with Crippen LogP contribution in [-0.4, -0.2) is 53.4 Å². The molecule has 9 heteroatoms. The minimum absolute atomic E-state index is 0.0131. The zero-order chi connectivity index (χ0) is 20.8. The first-order valence-corrected chi connectivity index (χ1v) is 9.31. The first-order valence-electron chi connectivity index (χ1n) is 9.31. The van der Waals surface area contributed by atoms with Crippen LogP contribution in [0.1, 0.15) is 11.1 Å². The molecule has 1 aliphatic heterocycles. The van der Waals surface area contributed by atoms with Gasteiger partial charge in [-0.1, -0.05) is 18.2 Å². The number of carbonyl (C=O) groups excluding carboxylic acids is 1. The molecule has 1 amide bonds. The van der Waals surface area contributed by atoms with E-state index in [9.17, 15) is 24.2 Å². The van der Waals surface area contributed by atoms with Crippen molar-refractivity contribution in [1.82, 2.24) is 9.80 Å². The second-order valence-electron chi connectivity index (χ2n) is 6.95. The number of carbonyl (C=O) groups is 1. The van der Waals surface area contributed by atoms with Crippen molar-refractivity contribution in [3.8, 4) is 0 Å². The maximum Gasteiger partial charge on any atom is 0.269 e. The van der Waals surface area contributed by atoms with Crippen LogP contribution in [0, 0.1) is 20.8 Å². The van der Waals surface area contributed by atoms with Gasteiger partial charge in [-0.15, -0.1) is 4.91 Å². The molecule has 0 N–H and O–H groups in total. The average molecular weight is 400 g/mol. The van der Waals surface area contributed by atoms with E-state index in [1.807, 2.05) is 4.90 Å². The number of nitroso groups, excluding NO2 is 1. The van der Waals surface area contributed by atoms with Crippen molar-refractivity contribution < 1.29 is 14.1 Å². The van der Waals surface area contributed by atoms with Gasteiger partial charge in [0.2, 0.25) is 5.91 Å². The molecule has 0 aliphatic carbocycles. The quantitative estimate of drug-likeness (QED) is 0.385. The third-order valence-corrected chi connectivity index (χ3v) is 5.05. The van der Waals surface area contributed by atoms with Crippen molar-refractivity contribution in [2.45, 2.75) is 12.8 Å². The Balaban J connectivity index is 1.46. The number of nitro benzene ring substituents is 1. The van der Waals surface area contributed by atoms with Gasteiger partial charge in [0.15, 0.2) is 0 Å². The van der Waals surface area contributed by atoms with Gasteiger partial charge < -0.3 is 4.90 Å². The van der Waals surface area contributed by atoms with Gasteiger partial charge in [0.25, 0.3) is 5.69 Å². The molecule has 8 nitrogen and oxygen atoms in total. The third kappa shape index (κ3) is 5.41. The number of hydrogen-bond acceptors (Lipinski definition) is 6. The van der Waals surface area contributed by atoms with Gasteiger partial charge in [-0.2, -0.15) is 0 Å². The Hall–Kier alpha value is -3.20. The van der Waals surface area contributed by atoms with Crippen LogP contribution in [0.25, 0.3) is 0 Å². The van der Waals surface area contributed by atoms with E-state index in [2.05, 4.69) is 5.18 Å². The number of rotatable bonds is 8. The lowest BCUT2D eigenvalue weighted by Gasteiger charge is -2.34. The average Bonchev–Trinajstić information content (AvgIpc) is 2.72. The molecule has 2 aromatic carbocycles. The SMILES string of the molecule is O=Nc1ccc(CCN2CCN(CCc3ccc([N+](=O)[O-])cc3)C(=O)C2)c(F)c1. The van der Waals surface area contributed by atoms with Gasteiger partial charge in [-0.3, -0.25) is 19.8 Å². The van der Waals surface area contributed by atoms with Crippen LogP contribution in [0.4, 0.5) is 15.8 Å². The molecule has 0 atom stereocenters. The second-order valence-corrected chi connectivity index (χ2v) is 6.95. The number of nitro groups is 1. The molecule has 1 aliphatic rings. The number of hydrogen-bond donors (Lipinski definition) is 0. The van der Waals surface area contributed by atoms with Gasteiger partial charge in [-0.05, 0) is 35.2 Å². The smallest absolute Gasteiger partial charge is 0.269 e. The van der Waals surface area contributed by atoms with Gasteiger partial charge in [-0.25, -0.2) is 4.39 Å². The van der Waals surface area contributed by atoms with E-state index in [0.29, 0.717) is 44.6 Å². The highest BCUT2D eigenvalue weighted by atomic mass is 19.1. The summed E-state index contributed by atoms with van der Waals surface area (Å²) in [5.41, 5.74) is 1.54. The molecule has 1 saturated heterocycles. The van der Waals surface area contributed by atoms with Crippen LogP contribution in [0.15, 0.2) is 47.6 Å². The first kappa shape index (κ1) is 20.5. The largest absolute Gasteiger partial charge is 0.340 e. The molecule has 1 heterocycles. The Morgan fingerprint density at radius 1 is 1.07 bits per heavy atom. The molecule has 0 spiro atoms. The minimum Gasteiger partial charge on any atom is -0.340 e. The van der Waals surface area contributed by atoms with Crippen LogP contribution in [0.5, 0.6) is 0 Å². The van der Waals surface area contributed by atoms with Crippen molar-refractivity contribution in [1.29, 1.82) is 0 Å². The summed E-state index contributed by atoms with van der Waals surface area (Å²) in [5, 5.41) is 13.4. The summed E-state index contributed by atoms with van der Waals surface area (Å²) in [5.74, 6) is -0.450. The lowest BCUT2D eigenvalue weighted by molar-refractivity contribution is -0.384. The molecule has 152 valence electrons. The summed E-state index contributed by atoms with van der Waals surface area (Å²) in [4.78, 5) is 36.9. The molecular formula is C20H21FN4O4. The van der Waals surface area contributed by atoms with Crippen LogP contribution in [-0.2, 0) is 17.6 Å². The molecule has 0 saturated carbocycles. The fourth-order valence-corrected chi connectivity index (χ4v) is 3.31. The van der Waals surface area contributed by atoms with Crippen LogP contribution in [0.2, 0.25) is 0 Å². The summed E-state index contributed by atoms with van der Waals surface area (Å²) >= 11 is 0. The van der Waals surface area contributed by atoms with Crippen LogP contribution in [0.3, 0.4) is 0 Å². The summed E-state index contributed by atoms with van der Waals surface area (Å²) in [7, 11) is 0. The number of halogens is 1. The predicted octanol–water partition coefficient (Wildman–Crippen LogP) is 3.06. The van der Waals surface area contributed by atoms with E-state index in [1.54, 1.807) is 23.1 Å². The standard InChI is InChI=1S/C20H21FN4O4/c21-19-13-17(22-27)4-3-16(19)8-9-23-11-12-24(20(26)14-23)10-7-15-1-5-18(6-2-15)25(28)29/h1-6,13H,7-12,14H2. The van der Waals surface area contributed by atoms with Crippen molar-refractivity contribution in [3.63, 3.8) is 0 Å². The highest BCUT2D eigenvalue weighted by Gasteiger charge is 2.23. The summed E-state index contributed by atoms with van der Waals surface area (Å²) in [6, 6.07) is 10.5. The molecule has 0 radical (unpaired) electrons. The number of non-ortho nitro benzene ring substituents is 1. The lowest BCUT2D eigenvalue weighted by atomic mass is 10.1. The zero-order valence-corrected chi connectivity index (χ0v) is 15.8. The Bertz CT molecular complexity index is 904. The third-order valence-electron chi connectivity index (χ3n) is 5.05. The summed E-state index contributed by atoms with van der Waals surface area (Å²) in [6.07, 6.45) is 1.08. The van der Waals surface area contributed by atoms with E-state index in [0.717, 1.165) is 11.6 Å². The van der Waals surface area contributed by atoms with Crippen LogP contribution >= 0.6 is 0 Å². The van der Waals surface area contributed by atoms with E-state index in [4.69, 9.17) is 0 Å². The van der Waals surface area contributed by atoms with Gasteiger partial charge >= 0.3 is 0 Å². The van der Waals surface area contributed by atoms with E-state index < -0.39 is 10.7 Å². The Morgan fingerprint density at radius 3 is 2.45 bits per heavy atom. The lowest BCUT2D eigenvalue weighted by Crippen LogP contribution is -2.51. The molecule has 0 unspecified atom stereocenters. The van der Waals surface area contributed by atoms with Crippen molar-refractivity contribution in [3.05, 3.63) is 74.4 Å². The zero-order valence-electron chi connectivity index (χ0n) is 15.8. The second kappa shape index (κ2) is 9.33. The Kier molecular flexibility index (Phi) is 6.61. The van der Waals surface area contributed by atoms with E-state index in [-0.39, 0.29) is 23.8 Å². The molecule has 29 heavy (non-hydrogen) atoms. The number of piperazine rings is 1. The number of amides is 1. The molecular weight excluding hydrogens is 379 g/mol. The molecule has 0 bridgehead atoms. The van der Waals surface area contributed by atoms with E-state index >= 15 is 0 Å². The first-order chi connectivity index (χ1) is 14.0. The van der Waals surface area contributed by atoms with Crippen molar-refractivity contribution in [2.75, 3.05) is 32.7 Å². The van der Waals surface area contributed by atoms with Crippen LogP contribution < -0.4 is 0 Å². The number of benzene rings is 2. The molecule has 1 fully saturated rings. The number of nitrogens with zero attached hydrogens (tertiary/aromatic N) is 4. The van der Waals surface area contributed by atoms with Gasteiger partial charge in [0.05, 0.1) is 11.5 Å². The molecule has 2 aromatic rings. The highest BCUT2D eigenvalue weighted by molar-refractivity contribution is 5.79. The predicted molar refractivity (Wildman–Crippen MR) is 105 cm³/mol.